The van der Waals surface area contributed by atoms with E-state index in [0.29, 0.717) is 17.7 Å². The van der Waals surface area contributed by atoms with Crippen LogP contribution in [-0.4, -0.2) is 59.1 Å². The molecule has 2 aliphatic heterocycles. The van der Waals surface area contributed by atoms with Crippen molar-refractivity contribution in [2.45, 2.75) is 45.2 Å². The zero-order valence-electron chi connectivity index (χ0n) is 11.4. The Morgan fingerprint density at radius 3 is 2.89 bits per heavy atom. The smallest absolute Gasteiger partial charge is 0.330 e. The molecule has 0 amide bonds. The lowest BCUT2D eigenvalue weighted by Gasteiger charge is -2.47. The van der Waals surface area contributed by atoms with Crippen LogP contribution in [0.25, 0.3) is 0 Å². The molecule has 0 aromatic carbocycles. The lowest BCUT2D eigenvalue weighted by Crippen LogP contribution is -2.58. The van der Waals surface area contributed by atoms with Gasteiger partial charge in [-0.25, -0.2) is 4.79 Å². The van der Waals surface area contributed by atoms with Crippen LogP contribution in [0.15, 0.2) is 11.6 Å². The zero-order valence-corrected chi connectivity index (χ0v) is 11.4. The summed E-state index contributed by atoms with van der Waals surface area (Å²) in [5.41, 5.74) is 0.452. The van der Waals surface area contributed by atoms with E-state index < -0.39 is 5.97 Å². The molecule has 0 aromatic heterocycles. The summed E-state index contributed by atoms with van der Waals surface area (Å²) in [6.07, 6.45) is 5.82. The Morgan fingerprint density at radius 2 is 2.17 bits per heavy atom. The van der Waals surface area contributed by atoms with Gasteiger partial charge in [-0.3, -0.25) is 9.80 Å². The third-order valence-corrected chi connectivity index (χ3v) is 4.29. The van der Waals surface area contributed by atoms with Crippen LogP contribution in [0.5, 0.6) is 0 Å². The van der Waals surface area contributed by atoms with Gasteiger partial charge in [-0.05, 0) is 33.2 Å². The number of nitrogens with zero attached hydrogens (tertiary/aromatic N) is 2. The van der Waals surface area contributed by atoms with Gasteiger partial charge in [0.1, 0.15) is 0 Å². The van der Waals surface area contributed by atoms with Crippen molar-refractivity contribution in [3.05, 3.63) is 11.6 Å². The maximum Gasteiger partial charge on any atom is 0.330 e. The molecule has 0 bridgehead atoms. The average Bonchev–Trinajstić information content (AvgIpc) is 2.35. The van der Waals surface area contributed by atoms with Crippen LogP contribution >= 0.6 is 0 Å². The third-order valence-electron chi connectivity index (χ3n) is 4.29. The van der Waals surface area contributed by atoms with Gasteiger partial charge in [0.05, 0.1) is 0 Å². The molecule has 4 heteroatoms. The lowest BCUT2D eigenvalue weighted by molar-refractivity contribution is -0.132. The topological polar surface area (TPSA) is 43.8 Å². The molecule has 4 nitrogen and oxygen atoms in total. The number of carbonyl (C=O) groups is 1. The molecule has 102 valence electrons. The average molecular weight is 252 g/mol. The van der Waals surface area contributed by atoms with Crippen LogP contribution in [0.4, 0.5) is 0 Å². The fraction of sp³-hybridized carbons (Fsp3) is 0.786. The van der Waals surface area contributed by atoms with E-state index >= 15 is 0 Å². The normalized spacial score (nSPS) is 31.1. The first-order valence-electron chi connectivity index (χ1n) is 6.96. The summed E-state index contributed by atoms with van der Waals surface area (Å²) in [7, 11) is 0. The Labute approximate surface area is 109 Å². The van der Waals surface area contributed by atoms with Crippen LogP contribution in [0.1, 0.15) is 33.1 Å². The van der Waals surface area contributed by atoms with E-state index in [0.717, 1.165) is 19.6 Å². The van der Waals surface area contributed by atoms with E-state index in [9.17, 15) is 4.79 Å². The Balaban J connectivity index is 1.93. The molecule has 18 heavy (non-hydrogen) atoms. The Hall–Kier alpha value is -0.870. The predicted molar refractivity (Wildman–Crippen MR) is 71.6 cm³/mol. The van der Waals surface area contributed by atoms with E-state index in [1.165, 1.54) is 25.8 Å². The van der Waals surface area contributed by atoms with E-state index in [4.69, 9.17) is 5.11 Å². The second-order valence-electron chi connectivity index (χ2n) is 5.64. The number of rotatable bonds is 3. The molecule has 0 aliphatic carbocycles. The van der Waals surface area contributed by atoms with Crippen molar-refractivity contribution in [2.24, 2.45) is 0 Å². The summed E-state index contributed by atoms with van der Waals surface area (Å²) < 4.78 is 0. The largest absolute Gasteiger partial charge is 0.478 e. The molecule has 2 atom stereocenters. The van der Waals surface area contributed by atoms with E-state index in [1.807, 2.05) is 6.08 Å². The minimum atomic E-state index is -0.807. The van der Waals surface area contributed by atoms with Crippen molar-refractivity contribution in [3.63, 3.8) is 0 Å². The van der Waals surface area contributed by atoms with Crippen LogP contribution < -0.4 is 0 Å². The molecule has 2 heterocycles. The zero-order chi connectivity index (χ0) is 13.1. The van der Waals surface area contributed by atoms with Crippen molar-refractivity contribution >= 4 is 5.97 Å². The highest BCUT2D eigenvalue weighted by molar-refractivity contribution is 5.85. The van der Waals surface area contributed by atoms with Crippen molar-refractivity contribution in [3.8, 4) is 0 Å². The molecule has 0 radical (unpaired) electrons. The molecule has 1 N–H and O–H groups in total. The van der Waals surface area contributed by atoms with Gasteiger partial charge >= 0.3 is 5.97 Å². The molecule has 0 aromatic rings. The van der Waals surface area contributed by atoms with Gasteiger partial charge in [0, 0.05) is 37.3 Å². The summed E-state index contributed by atoms with van der Waals surface area (Å²) in [6, 6.07) is 1.21. The molecule has 0 saturated carbocycles. The van der Waals surface area contributed by atoms with Gasteiger partial charge < -0.3 is 5.11 Å². The first-order chi connectivity index (χ1) is 8.58. The summed E-state index contributed by atoms with van der Waals surface area (Å²) in [4.78, 5) is 15.8. The van der Waals surface area contributed by atoms with Gasteiger partial charge in [-0.1, -0.05) is 12.5 Å². The molecule has 0 spiro atoms. The summed E-state index contributed by atoms with van der Waals surface area (Å²) >= 11 is 0. The number of carboxylic acid groups (broad SMARTS) is 1. The number of carboxylic acids is 1. The number of piperidine rings is 1. The van der Waals surface area contributed by atoms with Crippen molar-refractivity contribution < 1.29 is 9.90 Å². The third kappa shape index (κ3) is 3.12. The van der Waals surface area contributed by atoms with Gasteiger partial charge in [0.15, 0.2) is 0 Å². The Bertz CT molecular complexity index is 341. The Kier molecular flexibility index (Phi) is 4.40. The molecular weight excluding hydrogens is 228 g/mol. The van der Waals surface area contributed by atoms with Gasteiger partial charge in [-0.15, -0.1) is 0 Å². The SMILES string of the molecule is CC(=CCN1CC2CCCCN2CC1C)C(=O)O. The quantitative estimate of drug-likeness (QED) is 0.774. The van der Waals surface area contributed by atoms with Crippen molar-refractivity contribution in [2.75, 3.05) is 26.2 Å². The van der Waals surface area contributed by atoms with Gasteiger partial charge in [-0.2, -0.15) is 0 Å². The van der Waals surface area contributed by atoms with Crippen LogP contribution in [-0.2, 0) is 4.79 Å². The molecule has 2 unspecified atom stereocenters. The summed E-state index contributed by atoms with van der Waals surface area (Å²) in [5.74, 6) is -0.807. The number of piperazine rings is 1. The number of fused-ring (bicyclic) bond motifs is 1. The van der Waals surface area contributed by atoms with Crippen LogP contribution in [0, 0.1) is 0 Å². The summed E-state index contributed by atoms with van der Waals surface area (Å²) in [6.45, 7) is 8.14. The fourth-order valence-corrected chi connectivity index (χ4v) is 3.01. The second kappa shape index (κ2) is 5.85. The highest BCUT2D eigenvalue weighted by atomic mass is 16.4. The van der Waals surface area contributed by atoms with Crippen LogP contribution in [0.3, 0.4) is 0 Å². The first-order valence-corrected chi connectivity index (χ1v) is 6.96. The maximum absolute atomic E-state index is 10.8. The van der Waals surface area contributed by atoms with Gasteiger partial charge in [0.2, 0.25) is 0 Å². The first kappa shape index (κ1) is 13.6. The molecular formula is C14H24N2O2. The number of aliphatic carboxylic acids is 1. The highest BCUT2D eigenvalue weighted by Gasteiger charge is 2.32. The molecule has 2 fully saturated rings. The fourth-order valence-electron chi connectivity index (χ4n) is 3.01. The standard InChI is InChI=1S/C14H24N2O2/c1-11(14(17)18)6-8-15-10-13-5-3-4-7-16(13)9-12(15)2/h6,12-13H,3-5,7-10H2,1-2H3,(H,17,18). The van der Waals surface area contributed by atoms with E-state index in [1.54, 1.807) is 6.92 Å². The Morgan fingerprint density at radius 1 is 1.39 bits per heavy atom. The number of hydrogen-bond donors (Lipinski definition) is 1. The molecule has 2 rings (SSSR count). The second-order valence-corrected chi connectivity index (χ2v) is 5.64. The van der Waals surface area contributed by atoms with Gasteiger partial charge in [0.25, 0.3) is 0 Å². The number of hydrogen-bond acceptors (Lipinski definition) is 3. The molecule has 2 saturated heterocycles. The predicted octanol–water partition coefficient (Wildman–Crippen LogP) is 1.58. The van der Waals surface area contributed by atoms with Crippen molar-refractivity contribution in [1.82, 2.24) is 9.80 Å². The van der Waals surface area contributed by atoms with E-state index in [-0.39, 0.29) is 0 Å². The minimum absolute atomic E-state index is 0.452. The highest BCUT2D eigenvalue weighted by Crippen LogP contribution is 2.23. The van der Waals surface area contributed by atoms with Crippen LogP contribution in [0.2, 0.25) is 0 Å². The monoisotopic (exact) mass is 252 g/mol. The summed E-state index contributed by atoms with van der Waals surface area (Å²) in [5, 5.41) is 8.87. The van der Waals surface area contributed by atoms with Crippen molar-refractivity contribution in [1.29, 1.82) is 0 Å². The minimum Gasteiger partial charge on any atom is -0.478 e. The van der Waals surface area contributed by atoms with E-state index in [2.05, 4.69) is 16.7 Å². The lowest BCUT2D eigenvalue weighted by atomic mass is 9.97. The molecule has 2 aliphatic rings. The maximum atomic E-state index is 10.8.